The van der Waals surface area contributed by atoms with E-state index in [9.17, 15) is 9.00 Å². The molecule has 156 valence electrons. The SMILES string of the molecule is Cc1ccc(-c2ccc(N)c(NC(=O)c3ccc([SH]4(=O)CCC(C)N4)cc3)c2)cc1. The zero-order valence-corrected chi connectivity index (χ0v) is 18.1. The van der Waals surface area contributed by atoms with Crippen molar-refractivity contribution >= 4 is 27.4 Å². The fourth-order valence-corrected chi connectivity index (χ4v) is 6.46. The second kappa shape index (κ2) is 8.05. The maximum atomic E-state index is 13.0. The lowest BCUT2D eigenvalue weighted by molar-refractivity contribution is 0.102. The highest BCUT2D eigenvalue weighted by molar-refractivity contribution is 8.01. The molecule has 4 rings (SSSR count). The van der Waals surface area contributed by atoms with Crippen molar-refractivity contribution < 1.29 is 9.00 Å². The summed E-state index contributed by atoms with van der Waals surface area (Å²) < 4.78 is 16.2. The summed E-state index contributed by atoms with van der Waals surface area (Å²) in [5.74, 6) is 0.405. The van der Waals surface area contributed by atoms with E-state index in [4.69, 9.17) is 5.73 Å². The number of rotatable bonds is 4. The van der Waals surface area contributed by atoms with Gasteiger partial charge in [0, 0.05) is 22.3 Å². The van der Waals surface area contributed by atoms with Crippen LogP contribution in [0.15, 0.2) is 71.6 Å². The van der Waals surface area contributed by atoms with Gasteiger partial charge in [-0.1, -0.05) is 35.9 Å². The largest absolute Gasteiger partial charge is 0.397 e. The highest BCUT2D eigenvalue weighted by Crippen LogP contribution is 2.29. The van der Waals surface area contributed by atoms with Gasteiger partial charge in [-0.2, -0.15) is 0 Å². The van der Waals surface area contributed by atoms with Crippen LogP contribution in [0.5, 0.6) is 0 Å². The molecule has 0 aromatic heterocycles. The topological polar surface area (TPSA) is 84.2 Å². The summed E-state index contributed by atoms with van der Waals surface area (Å²) in [5.41, 5.74) is 10.9. The average Bonchev–Trinajstić information content (AvgIpc) is 3.10. The van der Waals surface area contributed by atoms with Gasteiger partial charge in [0.2, 0.25) is 0 Å². The molecule has 4 N–H and O–H groups in total. The summed E-state index contributed by atoms with van der Waals surface area (Å²) in [7, 11) is -2.55. The number of nitrogen functional groups attached to an aromatic ring is 1. The lowest BCUT2D eigenvalue weighted by Crippen LogP contribution is -2.30. The molecule has 30 heavy (non-hydrogen) atoms. The third kappa shape index (κ3) is 4.15. The van der Waals surface area contributed by atoms with Crippen molar-refractivity contribution in [3.63, 3.8) is 0 Å². The summed E-state index contributed by atoms with van der Waals surface area (Å²) in [6.07, 6.45) is 0.899. The highest BCUT2D eigenvalue weighted by Gasteiger charge is 2.27. The molecule has 3 aromatic carbocycles. The van der Waals surface area contributed by atoms with E-state index in [0.29, 0.717) is 22.7 Å². The Morgan fingerprint density at radius 3 is 2.33 bits per heavy atom. The summed E-state index contributed by atoms with van der Waals surface area (Å²) in [6.45, 7) is 4.08. The summed E-state index contributed by atoms with van der Waals surface area (Å²) in [4.78, 5) is 13.5. The summed E-state index contributed by atoms with van der Waals surface area (Å²) in [5, 5.41) is 2.90. The Balaban J connectivity index is 1.53. The van der Waals surface area contributed by atoms with Gasteiger partial charge in [0.05, 0.1) is 11.4 Å². The fourth-order valence-electron chi connectivity index (χ4n) is 3.70. The maximum Gasteiger partial charge on any atom is 0.255 e. The van der Waals surface area contributed by atoms with Gasteiger partial charge in [-0.15, -0.1) is 0 Å². The van der Waals surface area contributed by atoms with Gasteiger partial charge in [0.1, 0.15) is 0 Å². The van der Waals surface area contributed by atoms with E-state index in [1.807, 2.05) is 38.1 Å². The van der Waals surface area contributed by atoms with Crippen LogP contribution >= 0.6 is 0 Å². The van der Waals surface area contributed by atoms with Crippen molar-refractivity contribution in [2.24, 2.45) is 0 Å². The van der Waals surface area contributed by atoms with Crippen LogP contribution in [-0.2, 0) is 10.1 Å². The predicted molar refractivity (Wildman–Crippen MR) is 125 cm³/mol. The molecule has 5 nitrogen and oxygen atoms in total. The van der Waals surface area contributed by atoms with Crippen LogP contribution in [0.3, 0.4) is 0 Å². The first kappa shape index (κ1) is 20.3. The van der Waals surface area contributed by atoms with Crippen molar-refractivity contribution in [1.82, 2.24) is 4.72 Å². The van der Waals surface area contributed by atoms with Crippen molar-refractivity contribution in [3.05, 3.63) is 77.9 Å². The smallest absolute Gasteiger partial charge is 0.255 e. The van der Waals surface area contributed by atoms with Gasteiger partial charge in [0.25, 0.3) is 5.91 Å². The zero-order chi connectivity index (χ0) is 21.3. The molecule has 1 amide bonds. The number of carbonyl (C=O) groups is 1. The Kier molecular flexibility index (Phi) is 5.45. The van der Waals surface area contributed by atoms with Gasteiger partial charge in [-0.3, -0.25) is 13.7 Å². The lowest BCUT2D eigenvalue weighted by atomic mass is 10.0. The van der Waals surface area contributed by atoms with Gasteiger partial charge in [-0.05, 0) is 77.9 Å². The minimum absolute atomic E-state index is 0.250. The molecule has 0 bridgehead atoms. The second-order valence-corrected chi connectivity index (χ2v) is 10.7. The number of thiol groups is 1. The van der Waals surface area contributed by atoms with Crippen LogP contribution in [0.1, 0.15) is 29.3 Å². The number of hydrogen-bond donors (Lipinski definition) is 4. The molecule has 1 aliphatic rings. The van der Waals surface area contributed by atoms with Gasteiger partial charge >= 0.3 is 0 Å². The molecular formula is C24H27N3O2S. The zero-order valence-electron chi connectivity index (χ0n) is 17.2. The number of nitrogens with one attached hydrogen (secondary N) is 2. The first-order chi connectivity index (χ1) is 14.3. The Morgan fingerprint density at radius 2 is 1.70 bits per heavy atom. The van der Waals surface area contributed by atoms with Crippen molar-refractivity contribution in [2.45, 2.75) is 31.2 Å². The number of benzene rings is 3. The van der Waals surface area contributed by atoms with Crippen LogP contribution in [-0.4, -0.2) is 21.9 Å². The number of nitrogens with two attached hydrogens (primary N) is 1. The Morgan fingerprint density at radius 1 is 1.03 bits per heavy atom. The Labute approximate surface area is 178 Å². The number of amides is 1. The molecule has 0 spiro atoms. The fraction of sp³-hybridized carbons (Fsp3) is 0.208. The molecule has 1 fully saturated rings. The molecule has 6 heteroatoms. The van der Waals surface area contributed by atoms with E-state index in [1.165, 1.54) is 5.56 Å². The van der Waals surface area contributed by atoms with Crippen LogP contribution in [0, 0.1) is 6.92 Å². The number of hydrogen-bond acceptors (Lipinski definition) is 3. The predicted octanol–water partition coefficient (Wildman–Crippen LogP) is 4.17. The minimum atomic E-state index is -2.55. The van der Waals surface area contributed by atoms with E-state index in [1.54, 1.807) is 30.3 Å². The van der Waals surface area contributed by atoms with E-state index in [2.05, 4.69) is 22.2 Å². The number of aryl methyl sites for hydroxylation is 1. The van der Waals surface area contributed by atoms with Crippen LogP contribution in [0.25, 0.3) is 11.1 Å². The first-order valence-corrected chi connectivity index (χ1v) is 12.0. The maximum absolute atomic E-state index is 13.0. The first-order valence-electron chi connectivity index (χ1n) is 10.1. The molecule has 0 aliphatic carbocycles. The lowest BCUT2D eigenvalue weighted by Gasteiger charge is -2.19. The van der Waals surface area contributed by atoms with Gasteiger partial charge in [0.15, 0.2) is 0 Å². The van der Waals surface area contributed by atoms with Crippen molar-refractivity contribution in [3.8, 4) is 11.1 Å². The minimum Gasteiger partial charge on any atom is -0.397 e. The van der Waals surface area contributed by atoms with E-state index in [-0.39, 0.29) is 11.9 Å². The molecule has 1 aliphatic heterocycles. The molecule has 1 heterocycles. The standard InChI is InChI=1S/C24H27N3O2S/c1-16-3-5-18(6-4-16)20-9-12-22(25)23(15-20)26-24(28)19-7-10-21(11-8-19)30(29)14-13-17(2)27-30/h3-12,15,17,30H,13-14,25H2,1-2H3,(H,26,28)(H,27,29). The van der Waals surface area contributed by atoms with E-state index >= 15 is 0 Å². The second-order valence-electron chi connectivity index (χ2n) is 7.95. The Bertz CT molecular complexity index is 1120. The third-order valence-electron chi connectivity index (χ3n) is 5.54. The van der Waals surface area contributed by atoms with Crippen molar-refractivity contribution in [2.75, 3.05) is 16.8 Å². The number of anilines is 2. The van der Waals surface area contributed by atoms with Crippen molar-refractivity contribution in [1.29, 1.82) is 0 Å². The monoisotopic (exact) mass is 421 g/mol. The van der Waals surface area contributed by atoms with E-state index in [0.717, 1.165) is 22.4 Å². The molecular weight excluding hydrogens is 394 g/mol. The highest BCUT2D eigenvalue weighted by atomic mass is 32.3. The molecule has 0 saturated carbocycles. The summed E-state index contributed by atoms with van der Waals surface area (Å²) >= 11 is 0. The van der Waals surface area contributed by atoms with Crippen LogP contribution in [0.2, 0.25) is 0 Å². The molecule has 1 saturated heterocycles. The molecule has 1 unspecified atom stereocenters. The number of carbonyl (C=O) groups excluding carboxylic acids is 1. The normalized spacial score (nSPS) is 18.7. The third-order valence-corrected chi connectivity index (χ3v) is 8.42. The Hall–Kier alpha value is -2.96. The van der Waals surface area contributed by atoms with Crippen LogP contribution < -0.4 is 15.8 Å². The quantitative estimate of drug-likeness (QED) is 0.377. The summed E-state index contributed by atoms with van der Waals surface area (Å²) in [6, 6.07) is 21.1. The molecule has 3 aromatic rings. The molecule has 0 radical (unpaired) electrons. The van der Waals surface area contributed by atoms with Crippen LogP contribution in [0.4, 0.5) is 11.4 Å². The molecule has 1 atom stereocenters. The van der Waals surface area contributed by atoms with E-state index < -0.39 is 10.1 Å². The van der Waals surface area contributed by atoms with Gasteiger partial charge < -0.3 is 11.1 Å². The van der Waals surface area contributed by atoms with Gasteiger partial charge in [-0.25, -0.2) is 0 Å². The average molecular weight is 422 g/mol.